The third-order valence-corrected chi connectivity index (χ3v) is 15.4. The van der Waals surface area contributed by atoms with E-state index in [9.17, 15) is 14.4 Å². The second-order valence-corrected chi connectivity index (χ2v) is 23.4. The average molecular weight is 1130 g/mol. The molecule has 0 radical (unpaired) electrons. The summed E-state index contributed by atoms with van der Waals surface area (Å²) in [6.45, 7) is 6.54. The van der Waals surface area contributed by atoms with Gasteiger partial charge in [-0.1, -0.05) is 324 Å². The number of allylic oxidation sites excluding steroid dienone is 14. The summed E-state index contributed by atoms with van der Waals surface area (Å²) in [7, 11) is 0. The Morgan fingerprint density at radius 2 is 0.481 bits per heavy atom. The lowest BCUT2D eigenvalue weighted by Crippen LogP contribution is -2.30. The van der Waals surface area contributed by atoms with Gasteiger partial charge in [-0.3, -0.25) is 14.4 Å². The standard InChI is InChI=1S/C75H132O6/c1-4-7-10-13-16-19-22-24-26-28-30-31-32-33-34-35-36-37-38-39-40-41-42-43-45-46-48-50-53-56-59-62-65-68-74(77)80-71-72(70-79-73(76)67-64-61-58-55-52-21-18-15-12-9-6-3)81-75(78)69-66-63-60-57-54-51-49-47-44-29-27-25-23-20-17-14-11-8-5-2/h8,11,17,20,22,24-25,27-28,30,32-33,44,47,72H,4-7,9-10,12-16,18-19,21,23,26,29,31,34-43,45-46,48-71H2,1-3H3/b11-8-,20-17-,24-22-,27-25-,30-28-,33-32-,47-44-. The van der Waals surface area contributed by atoms with Gasteiger partial charge in [0.1, 0.15) is 13.2 Å². The van der Waals surface area contributed by atoms with Crippen LogP contribution < -0.4 is 0 Å². The van der Waals surface area contributed by atoms with E-state index in [1.165, 1.54) is 205 Å². The summed E-state index contributed by atoms with van der Waals surface area (Å²) in [5.41, 5.74) is 0. The van der Waals surface area contributed by atoms with Crippen LogP contribution in [0.4, 0.5) is 0 Å². The molecule has 0 aliphatic heterocycles. The summed E-state index contributed by atoms with van der Waals surface area (Å²) in [6.07, 6.45) is 91.9. The number of esters is 3. The number of hydrogen-bond acceptors (Lipinski definition) is 6. The second-order valence-electron chi connectivity index (χ2n) is 23.4. The molecule has 0 rings (SSSR count). The number of hydrogen-bond donors (Lipinski definition) is 0. The molecular formula is C75H132O6. The first-order chi connectivity index (χ1) is 40.0. The van der Waals surface area contributed by atoms with Crippen LogP contribution in [0.3, 0.4) is 0 Å². The fraction of sp³-hybridized carbons (Fsp3) is 0.773. The molecule has 468 valence electrons. The molecule has 81 heavy (non-hydrogen) atoms. The Bertz CT molecular complexity index is 1530. The van der Waals surface area contributed by atoms with Gasteiger partial charge in [0.2, 0.25) is 0 Å². The van der Waals surface area contributed by atoms with E-state index in [4.69, 9.17) is 14.2 Å². The van der Waals surface area contributed by atoms with Gasteiger partial charge in [0.15, 0.2) is 6.10 Å². The van der Waals surface area contributed by atoms with Crippen LogP contribution in [-0.4, -0.2) is 37.2 Å². The van der Waals surface area contributed by atoms with Crippen molar-refractivity contribution in [2.75, 3.05) is 13.2 Å². The van der Waals surface area contributed by atoms with E-state index in [0.29, 0.717) is 19.3 Å². The van der Waals surface area contributed by atoms with Crippen molar-refractivity contribution >= 4 is 17.9 Å². The SMILES string of the molecule is CC/C=C\C/C=C\C/C=C\C/C=C\CCCCCCCCC(=O)OC(COC(=O)CCCCCCCCCCCCC)COC(=O)CCCCCCCCCCCCCCCCCCCC/C=C\C/C=C\C/C=C\CCCCCCC. The number of carbonyl (C=O) groups excluding carboxylic acids is 3. The summed E-state index contributed by atoms with van der Waals surface area (Å²) in [5.74, 6) is -0.876. The Hall–Kier alpha value is -3.41. The fourth-order valence-corrected chi connectivity index (χ4v) is 10.2. The predicted octanol–water partition coefficient (Wildman–Crippen LogP) is 24.2. The van der Waals surface area contributed by atoms with Crippen molar-refractivity contribution in [3.05, 3.63) is 85.1 Å². The summed E-state index contributed by atoms with van der Waals surface area (Å²) in [4.78, 5) is 38.3. The maximum absolute atomic E-state index is 12.9. The van der Waals surface area contributed by atoms with Crippen molar-refractivity contribution in [1.82, 2.24) is 0 Å². The van der Waals surface area contributed by atoms with Crippen molar-refractivity contribution in [3.8, 4) is 0 Å². The van der Waals surface area contributed by atoms with Crippen LogP contribution in [0.2, 0.25) is 0 Å². The molecule has 0 heterocycles. The van der Waals surface area contributed by atoms with E-state index in [-0.39, 0.29) is 31.1 Å². The maximum Gasteiger partial charge on any atom is 0.306 e. The van der Waals surface area contributed by atoms with E-state index in [2.05, 4.69) is 106 Å². The van der Waals surface area contributed by atoms with Gasteiger partial charge in [-0.15, -0.1) is 0 Å². The van der Waals surface area contributed by atoms with Crippen LogP contribution >= 0.6 is 0 Å². The molecule has 0 amide bonds. The van der Waals surface area contributed by atoms with Crippen molar-refractivity contribution in [3.63, 3.8) is 0 Å². The number of ether oxygens (including phenoxy) is 3. The molecule has 0 aromatic heterocycles. The Morgan fingerprint density at radius 1 is 0.259 bits per heavy atom. The molecule has 0 N–H and O–H groups in total. The van der Waals surface area contributed by atoms with Gasteiger partial charge in [0, 0.05) is 19.3 Å². The summed E-state index contributed by atoms with van der Waals surface area (Å²) in [6, 6.07) is 0. The van der Waals surface area contributed by atoms with Gasteiger partial charge < -0.3 is 14.2 Å². The highest BCUT2D eigenvalue weighted by molar-refractivity contribution is 5.71. The molecule has 0 aliphatic rings. The third-order valence-electron chi connectivity index (χ3n) is 15.4. The van der Waals surface area contributed by atoms with Crippen LogP contribution in [0.25, 0.3) is 0 Å². The smallest absolute Gasteiger partial charge is 0.306 e. The zero-order valence-corrected chi connectivity index (χ0v) is 53.8. The number of unbranched alkanes of at least 4 members (excludes halogenated alkanes) is 39. The highest BCUT2D eigenvalue weighted by Crippen LogP contribution is 2.17. The van der Waals surface area contributed by atoms with Gasteiger partial charge in [-0.05, 0) is 96.3 Å². The van der Waals surface area contributed by atoms with E-state index in [0.717, 1.165) is 109 Å². The molecule has 0 bridgehead atoms. The molecule has 6 nitrogen and oxygen atoms in total. The lowest BCUT2D eigenvalue weighted by Gasteiger charge is -2.18. The van der Waals surface area contributed by atoms with Crippen molar-refractivity contribution in [2.24, 2.45) is 0 Å². The molecule has 1 unspecified atom stereocenters. The predicted molar refractivity (Wildman–Crippen MR) is 353 cm³/mol. The normalized spacial score (nSPS) is 12.6. The average Bonchev–Trinajstić information content (AvgIpc) is 3.47. The summed E-state index contributed by atoms with van der Waals surface area (Å²) < 4.78 is 16.9. The lowest BCUT2D eigenvalue weighted by atomic mass is 10.0. The molecule has 0 saturated carbocycles. The summed E-state index contributed by atoms with van der Waals surface area (Å²) in [5, 5.41) is 0. The third kappa shape index (κ3) is 67.3. The monoisotopic (exact) mass is 1130 g/mol. The van der Waals surface area contributed by atoms with Crippen molar-refractivity contribution < 1.29 is 28.6 Å². The minimum Gasteiger partial charge on any atom is -0.462 e. The van der Waals surface area contributed by atoms with E-state index in [1.807, 2.05) is 0 Å². The van der Waals surface area contributed by atoms with Gasteiger partial charge in [0.05, 0.1) is 0 Å². The second kappa shape index (κ2) is 69.1. The minimum atomic E-state index is -0.782. The van der Waals surface area contributed by atoms with Crippen molar-refractivity contribution in [1.29, 1.82) is 0 Å². The Balaban J connectivity index is 4.14. The van der Waals surface area contributed by atoms with Gasteiger partial charge in [-0.25, -0.2) is 0 Å². The van der Waals surface area contributed by atoms with Crippen molar-refractivity contribution in [2.45, 2.75) is 361 Å². The zero-order chi connectivity index (χ0) is 58.5. The van der Waals surface area contributed by atoms with Crippen LogP contribution in [0.5, 0.6) is 0 Å². The first-order valence-corrected chi connectivity index (χ1v) is 35.1. The molecule has 0 saturated heterocycles. The minimum absolute atomic E-state index is 0.0781. The van der Waals surface area contributed by atoms with Gasteiger partial charge in [0.25, 0.3) is 0 Å². The topological polar surface area (TPSA) is 78.9 Å². The maximum atomic E-state index is 12.9. The highest BCUT2D eigenvalue weighted by Gasteiger charge is 2.19. The highest BCUT2D eigenvalue weighted by atomic mass is 16.6. The zero-order valence-electron chi connectivity index (χ0n) is 53.8. The molecule has 0 spiro atoms. The Labute approximate surface area is 503 Å². The van der Waals surface area contributed by atoms with E-state index in [1.54, 1.807) is 0 Å². The lowest BCUT2D eigenvalue weighted by molar-refractivity contribution is -0.167. The first-order valence-electron chi connectivity index (χ1n) is 35.1. The van der Waals surface area contributed by atoms with Crippen LogP contribution in [0.15, 0.2) is 85.1 Å². The number of rotatable bonds is 64. The first kappa shape index (κ1) is 77.6. The molecule has 0 aromatic carbocycles. The van der Waals surface area contributed by atoms with Gasteiger partial charge >= 0.3 is 17.9 Å². The Morgan fingerprint density at radius 3 is 0.753 bits per heavy atom. The molecule has 1 atom stereocenters. The quantitative estimate of drug-likeness (QED) is 0.0261. The van der Waals surface area contributed by atoms with E-state index >= 15 is 0 Å². The molecule has 0 fully saturated rings. The summed E-state index contributed by atoms with van der Waals surface area (Å²) >= 11 is 0. The van der Waals surface area contributed by atoms with Crippen LogP contribution in [0, 0.1) is 0 Å². The molecule has 0 aliphatic carbocycles. The van der Waals surface area contributed by atoms with E-state index < -0.39 is 6.10 Å². The van der Waals surface area contributed by atoms with Crippen LogP contribution in [-0.2, 0) is 28.6 Å². The Kier molecular flexibility index (Phi) is 66.2. The fourth-order valence-electron chi connectivity index (χ4n) is 10.2. The molecular weight excluding hydrogens is 997 g/mol. The largest absolute Gasteiger partial charge is 0.462 e. The van der Waals surface area contributed by atoms with Crippen LogP contribution in [0.1, 0.15) is 355 Å². The number of carbonyl (C=O) groups is 3. The molecule has 6 heteroatoms. The molecule has 0 aromatic rings. The van der Waals surface area contributed by atoms with Gasteiger partial charge in [-0.2, -0.15) is 0 Å².